The largest absolute Gasteiger partial charge is 0.497 e. The predicted octanol–water partition coefficient (Wildman–Crippen LogP) is 3.67. The van der Waals surface area contributed by atoms with E-state index in [0.29, 0.717) is 22.9 Å². The zero-order valence-corrected chi connectivity index (χ0v) is 17.5. The summed E-state index contributed by atoms with van der Waals surface area (Å²) in [4.78, 5) is 23.9. The molecule has 0 saturated carbocycles. The number of nitrogens with zero attached hydrogens (tertiary/aromatic N) is 1. The molecule has 148 valence electrons. The minimum absolute atomic E-state index is 0.0435. The molecule has 0 fully saturated rings. The Morgan fingerprint density at radius 2 is 1.93 bits per heavy atom. The number of hydrogen-bond acceptors (Lipinski definition) is 5. The molecule has 0 bridgehead atoms. The lowest BCUT2D eigenvalue weighted by atomic mass is 10.2. The molecule has 0 aromatic heterocycles. The number of amides is 2. The van der Waals surface area contributed by atoms with E-state index in [2.05, 4.69) is 31.8 Å². The van der Waals surface area contributed by atoms with Gasteiger partial charge in [-0.25, -0.2) is 5.43 Å². The lowest BCUT2D eigenvalue weighted by molar-refractivity contribution is -0.123. The van der Waals surface area contributed by atoms with E-state index in [1.165, 1.54) is 0 Å². The number of aryl methyl sites for hydroxylation is 1. The van der Waals surface area contributed by atoms with E-state index in [4.69, 9.17) is 9.47 Å². The Morgan fingerprint density at radius 1 is 1.14 bits per heavy atom. The third-order valence-corrected chi connectivity index (χ3v) is 4.21. The van der Waals surface area contributed by atoms with Gasteiger partial charge >= 0.3 is 0 Å². The molecule has 2 rings (SSSR count). The fraction of sp³-hybridized carbons (Fsp3) is 0.250. The lowest BCUT2D eigenvalue weighted by Gasteiger charge is -2.08. The van der Waals surface area contributed by atoms with Crippen LogP contribution in [0.2, 0.25) is 0 Å². The van der Waals surface area contributed by atoms with Crippen LogP contribution in [-0.4, -0.2) is 31.2 Å². The van der Waals surface area contributed by atoms with Gasteiger partial charge in [-0.1, -0.05) is 12.1 Å². The summed E-state index contributed by atoms with van der Waals surface area (Å²) in [6, 6.07) is 12.6. The third-order valence-electron chi connectivity index (χ3n) is 3.59. The molecule has 0 unspecified atom stereocenters. The van der Waals surface area contributed by atoms with E-state index in [9.17, 15) is 9.59 Å². The Kier molecular flexibility index (Phi) is 8.01. The van der Waals surface area contributed by atoms with Crippen molar-refractivity contribution in [2.75, 3.05) is 19.0 Å². The first-order chi connectivity index (χ1) is 13.4. The Hall–Kier alpha value is -2.87. The molecule has 7 nitrogen and oxygen atoms in total. The van der Waals surface area contributed by atoms with Gasteiger partial charge < -0.3 is 14.8 Å². The molecule has 2 aromatic rings. The van der Waals surface area contributed by atoms with Crippen molar-refractivity contribution in [2.45, 2.75) is 20.3 Å². The maximum absolute atomic E-state index is 12.1. The molecule has 0 aliphatic carbocycles. The van der Waals surface area contributed by atoms with Crippen LogP contribution in [-0.2, 0) is 9.59 Å². The molecule has 0 radical (unpaired) electrons. The molecule has 2 N–H and O–H groups in total. The Balaban J connectivity index is 1.79. The summed E-state index contributed by atoms with van der Waals surface area (Å²) >= 11 is 3.39. The maximum Gasteiger partial charge on any atom is 0.277 e. The predicted molar refractivity (Wildman–Crippen MR) is 112 cm³/mol. The van der Waals surface area contributed by atoms with E-state index in [1.54, 1.807) is 44.4 Å². The fourth-order valence-corrected chi connectivity index (χ4v) is 2.84. The number of anilines is 1. The molecule has 8 heteroatoms. The second kappa shape index (κ2) is 10.5. The van der Waals surface area contributed by atoms with Gasteiger partial charge in [0.1, 0.15) is 11.5 Å². The van der Waals surface area contributed by atoms with Crippen molar-refractivity contribution >= 4 is 39.1 Å². The molecule has 0 heterocycles. The number of benzene rings is 2. The number of hydrogen-bond donors (Lipinski definition) is 2. The van der Waals surface area contributed by atoms with Gasteiger partial charge in [-0.05, 0) is 59.6 Å². The van der Waals surface area contributed by atoms with Gasteiger partial charge in [-0.2, -0.15) is 5.10 Å². The van der Waals surface area contributed by atoms with Crippen molar-refractivity contribution in [3.63, 3.8) is 0 Å². The number of carbonyl (C=O) groups excluding carboxylic acids is 2. The maximum atomic E-state index is 12.1. The topological polar surface area (TPSA) is 89.0 Å². The van der Waals surface area contributed by atoms with Crippen molar-refractivity contribution in [1.29, 1.82) is 0 Å². The zero-order chi connectivity index (χ0) is 20.5. The summed E-state index contributed by atoms with van der Waals surface area (Å²) in [6.45, 7) is 3.43. The first-order valence-corrected chi connectivity index (χ1v) is 9.31. The standard InChI is InChI=1S/C20H22BrN3O4/c1-13-7-8-18(17(21)9-13)28-12-20(26)24-23-14(2)10-19(25)22-15-5-4-6-16(11-15)27-3/h4-9,11H,10,12H2,1-3H3,(H,22,25)(H,24,26)/b23-14+. The van der Waals surface area contributed by atoms with Crippen molar-refractivity contribution in [3.05, 3.63) is 52.5 Å². The van der Waals surface area contributed by atoms with Crippen LogP contribution in [0.5, 0.6) is 11.5 Å². The smallest absolute Gasteiger partial charge is 0.277 e. The van der Waals surface area contributed by atoms with Crippen molar-refractivity contribution in [2.24, 2.45) is 5.10 Å². The van der Waals surface area contributed by atoms with Crippen LogP contribution in [0, 0.1) is 6.92 Å². The van der Waals surface area contributed by atoms with Gasteiger partial charge in [0.05, 0.1) is 18.0 Å². The number of rotatable bonds is 8. The molecular weight excluding hydrogens is 426 g/mol. The van der Waals surface area contributed by atoms with Gasteiger partial charge in [0.2, 0.25) is 5.91 Å². The summed E-state index contributed by atoms with van der Waals surface area (Å²) in [5, 5.41) is 6.68. The minimum atomic E-state index is -0.417. The molecule has 2 amide bonds. The van der Waals surface area contributed by atoms with Crippen LogP contribution in [0.25, 0.3) is 0 Å². The van der Waals surface area contributed by atoms with Gasteiger partial charge in [0.15, 0.2) is 6.61 Å². The highest BCUT2D eigenvalue weighted by molar-refractivity contribution is 9.10. The van der Waals surface area contributed by atoms with Crippen LogP contribution >= 0.6 is 15.9 Å². The Labute approximate surface area is 172 Å². The first-order valence-electron chi connectivity index (χ1n) is 8.52. The quantitative estimate of drug-likeness (QED) is 0.477. The zero-order valence-electron chi connectivity index (χ0n) is 15.9. The number of ether oxygens (including phenoxy) is 2. The van der Waals surface area contributed by atoms with Crippen molar-refractivity contribution in [1.82, 2.24) is 5.43 Å². The van der Waals surface area contributed by atoms with Crippen LogP contribution in [0.1, 0.15) is 18.9 Å². The summed E-state index contributed by atoms with van der Waals surface area (Å²) in [5.41, 5.74) is 4.55. The van der Waals surface area contributed by atoms with Crippen LogP contribution < -0.4 is 20.2 Å². The number of halogens is 1. The van der Waals surface area contributed by atoms with E-state index < -0.39 is 5.91 Å². The van der Waals surface area contributed by atoms with Gasteiger partial charge in [0.25, 0.3) is 5.91 Å². The molecule has 0 saturated heterocycles. The molecule has 0 aliphatic heterocycles. The Bertz CT molecular complexity index is 884. The lowest BCUT2D eigenvalue weighted by Crippen LogP contribution is -2.26. The van der Waals surface area contributed by atoms with E-state index in [1.807, 2.05) is 19.1 Å². The summed E-state index contributed by atoms with van der Waals surface area (Å²) in [6.07, 6.45) is 0.0435. The van der Waals surface area contributed by atoms with Crippen LogP contribution in [0.15, 0.2) is 52.0 Å². The van der Waals surface area contributed by atoms with Crippen LogP contribution in [0.4, 0.5) is 5.69 Å². The van der Waals surface area contributed by atoms with E-state index >= 15 is 0 Å². The van der Waals surface area contributed by atoms with E-state index in [0.717, 1.165) is 10.0 Å². The highest BCUT2D eigenvalue weighted by Crippen LogP contribution is 2.25. The number of carbonyl (C=O) groups is 2. The summed E-state index contributed by atoms with van der Waals surface area (Å²) in [7, 11) is 1.56. The normalized spacial score (nSPS) is 10.9. The molecule has 0 atom stereocenters. The van der Waals surface area contributed by atoms with Crippen molar-refractivity contribution in [3.8, 4) is 11.5 Å². The average molecular weight is 448 g/mol. The second-order valence-corrected chi connectivity index (χ2v) is 6.92. The molecular formula is C20H22BrN3O4. The van der Waals surface area contributed by atoms with Crippen molar-refractivity contribution < 1.29 is 19.1 Å². The highest BCUT2D eigenvalue weighted by Gasteiger charge is 2.08. The summed E-state index contributed by atoms with van der Waals surface area (Å²) in [5.74, 6) is 0.554. The first kappa shape index (κ1) is 21.4. The number of methoxy groups -OCH3 is 1. The third kappa shape index (κ3) is 7.03. The van der Waals surface area contributed by atoms with Gasteiger partial charge in [0, 0.05) is 17.5 Å². The fourth-order valence-electron chi connectivity index (χ4n) is 2.23. The highest BCUT2D eigenvalue weighted by atomic mass is 79.9. The Morgan fingerprint density at radius 3 is 2.64 bits per heavy atom. The molecule has 28 heavy (non-hydrogen) atoms. The van der Waals surface area contributed by atoms with Gasteiger partial charge in [-0.3, -0.25) is 9.59 Å². The van der Waals surface area contributed by atoms with E-state index in [-0.39, 0.29) is 18.9 Å². The molecule has 2 aromatic carbocycles. The molecule has 0 spiro atoms. The molecule has 0 aliphatic rings. The minimum Gasteiger partial charge on any atom is -0.497 e. The number of hydrazone groups is 1. The average Bonchev–Trinajstić information content (AvgIpc) is 2.65. The van der Waals surface area contributed by atoms with Gasteiger partial charge in [-0.15, -0.1) is 0 Å². The summed E-state index contributed by atoms with van der Waals surface area (Å²) < 4.78 is 11.3. The van der Waals surface area contributed by atoms with Crippen LogP contribution in [0.3, 0.4) is 0 Å². The second-order valence-electron chi connectivity index (χ2n) is 6.06. The SMILES string of the molecule is COc1cccc(NC(=O)C/C(C)=N/NC(=O)COc2ccc(C)cc2Br)c1. The number of nitrogens with one attached hydrogen (secondary N) is 2. The monoisotopic (exact) mass is 447 g/mol.